The monoisotopic (exact) mass is 254 g/mol. The molecule has 0 radical (unpaired) electrons. The first-order chi connectivity index (χ1) is 8.09. The number of furan rings is 1. The molecular formula is C10H14N4O2S. The van der Waals surface area contributed by atoms with Gasteiger partial charge in [0.25, 0.3) is 0 Å². The van der Waals surface area contributed by atoms with Crippen molar-refractivity contribution < 1.29 is 4.42 Å². The van der Waals surface area contributed by atoms with Gasteiger partial charge in [-0.05, 0) is 19.1 Å². The molecule has 0 bridgehead atoms. The lowest BCUT2D eigenvalue weighted by Crippen LogP contribution is -2.23. The van der Waals surface area contributed by atoms with Crippen molar-refractivity contribution in [1.82, 2.24) is 14.8 Å². The zero-order valence-corrected chi connectivity index (χ0v) is 10.4. The molecule has 0 aliphatic carbocycles. The maximum Gasteiger partial charge on any atom is 0.343 e. The molecule has 2 unspecified atom stereocenters. The molecule has 0 amide bonds. The van der Waals surface area contributed by atoms with Gasteiger partial charge in [-0.25, -0.2) is 9.89 Å². The summed E-state index contributed by atoms with van der Waals surface area (Å²) in [5, 5.41) is 6.85. The van der Waals surface area contributed by atoms with Crippen molar-refractivity contribution in [2.24, 2.45) is 12.8 Å². The topological polar surface area (TPSA) is 89.8 Å². The molecule has 2 atom stereocenters. The average Bonchev–Trinajstić information content (AvgIpc) is 2.89. The van der Waals surface area contributed by atoms with E-state index >= 15 is 0 Å². The van der Waals surface area contributed by atoms with E-state index in [0.29, 0.717) is 5.16 Å². The highest BCUT2D eigenvalue weighted by atomic mass is 32.2. The second-order valence-corrected chi connectivity index (χ2v) is 4.89. The van der Waals surface area contributed by atoms with Crippen molar-refractivity contribution >= 4 is 11.8 Å². The molecule has 0 spiro atoms. The van der Waals surface area contributed by atoms with Crippen LogP contribution in [0.1, 0.15) is 17.9 Å². The summed E-state index contributed by atoms with van der Waals surface area (Å²) in [4.78, 5) is 11.3. The molecule has 0 aliphatic heterocycles. The molecule has 17 heavy (non-hydrogen) atoms. The predicted molar refractivity (Wildman–Crippen MR) is 64.8 cm³/mol. The minimum absolute atomic E-state index is 0.0705. The van der Waals surface area contributed by atoms with Crippen molar-refractivity contribution in [2.45, 2.75) is 23.4 Å². The predicted octanol–water partition coefficient (Wildman–Crippen LogP) is 0.882. The minimum atomic E-state index is -0.240. The largest absolute Gasteiger partial charge is 0.468 e. The van der Waals surface area contributed by atoms with Crippen molar-refractivity contribution in [3.8, 4) is 0 Å². The molecule has 6 nitrogen and oxygen atoms in total. The van der Waals surface area contributed by atoms with E-state index in [1.165, 1.54) is 16.3 Å². The van der Waals surface area contributed by atoms with Gasteiger partial charge in [-0.15, -0.1) is 5.10 Å². The van der Waals surface area contributed by atoms with Gasteiger partial charge in [0.1, 0.15) is 5.76 Å². The number of nitrogens with two attached hydrogens (primary N) is 1. The number of aromatic nitrogens is 3. The molecule has 2 aromatic heterocycles. The molecule has 92 valence electrons. The van der Waals surface area contributed by atoms with E-state index in [4.69, 9.17) is 10.2 Å². The van der Waals surface area contributed by atoms with Gasteiger partial charge in [-0.3, -0.25) is 4.57 Å². The lowest BCUT2D eigenvalue weighted by atomic mass is 10.2. The van der Waals surface area contributed by atoms with Gasteiger partial charge in [0, 0.05) is 13.1 Å². The van der Waals surface area contributed by atoms with Crippen molar-refractivity contribution in [1.29, 1.82) is 0 Å². The third-order valence-electron chi connectivity index (χ3n) is 2.37. The number of hydrogen-bond donors (Lipinski definition) is 2. The number of rotatable bonds is 4. The van der Waals surface area contributed by atoms with Crippen LogP contribution in [-0.2, 0) is 7.05 Å². The van der Waals surface area contributed by atoms with Crippen LogP contribution in [0.15, 0.2) is 32.8 Å². The third kappa shape index (κ3) is 2.45. The average molecular weight is 254 g/mol. The maximum atomic E-state index is 11.3. The van der Waals surface area contributed by atoms with Gasteiger partial charge in [-0.2, -0.15) is 0 Å². The molecule has 2 rings (SSSR count). The van der Waals surface area contributed by atoms with Crippen LogP contribution >= 0.6 is 11.8 Å². The number of hydrogen-bond acceptors (Lipinski definition) is 5. The number of nitrogens with zero attached hydrogens (tertiary/aromatic N) is 2. The van der Waals surface area contributed by atoms with Crippen LogP contribution in [0, 0.1) is 0 Å². The standard InChI is InChI=1S/C10H14N4O2S/c1-6(11)8(7-4-3-5-16-7)17-10-13-12-9(15)14(10)2/h3-6,8H,11H2,1-2H3,(H,12,15). The Balaban J connectivity index is 2.25. The number of nitrogens with one attached hydrogen (secondary N) is 1. The van der Waals surface area contributed by atoms with Crippen molar-refractivity contribution in [3.05, 3.63) is 34.6 Å². The number of thioether (sulfide) groups is 1. The van der Waals surface area contributed by atoms with Crippen molar-refractivity contribution in [2.75, 3.05) is 0 Å². The highest BCUT2D eigenvalue weighted by molar-refractivity contribution is 7.99. The summed E-state index contributed by atoms with van der Waals surface area (Å²) < 4.78 is 6.80. The highest BCUT2D eigenvalue weighted by Gasteiger charge is 2.22. The van der Waals surface area contributed by atoms with E-state index in [-0.39, 0.29) is 17.0 Å². The molecule has 7 heteroatoms. The second-order valence-electron chi connectivity index (χ2n) is 3.78. The quantitative estimate of drug-likeness (QED) is 0.790. The maximum absolute atomic E-state index is 11.3. The molecule has 0 aromatic carbocycles. The van der Waals surface area contributed by atoms with Crippen LogP contribution in [0.4, 0.5) is 0 Å². The summed E-state index contributed by atoms with van der Waals surface area (Å²) in [6, 6.07) is 3.57. The minimum Gasteiger partial charge on any atom is -0.468 e. The molecular weight excluding hydrogens is 240 g/mol. The first-order valence-corrected chi connectivity index (χ1v) is 6.04. The van der Waals surface area contributed by atoms with Gasteiger partial charge in [0.05, 0.1) is 11.5 Å². The number of aromatic amines is 1. The van der Waals surface area contributed by atoms with Gasteiger partial charge in [0.15, 0.2) is 5.16 Å². The summed E-state index contributed by atoms with van der Waals surface area (Å²) in [5.41, 5.74) is 5.69. The number of H-pyrrole nitrogens is 1. The Morgan fingerprint density at radius 2 is 2.41 bits per heavy atom. The van der Waals surface area contributed by atoms with E-state index in [1.807, 2.05) is 19.1 Å². The van der Waals surface area contributed by atoms with Gasteiger partial charge >= 0.3 is 5.69 Å². The van der Waals surface area contributed by atoms with E-state index in [0.717, 1.165) is 5.76 Å². The van der Waals surface area contributed by atoms with E-state index in [1.54, 1.807) is 13.3 Å². The van der Waals surface area contributed by atoms with E-state index in [9.17, 15) is 4.79 Å². The Hall–Kier alpha value is -1.47. The second kappa shape index (κ2) is 4.80. The molecule has 0 aliphatic rings. The molecule has 0 saturated heterocycles. The van der Waals surface area contributed by atoms with E-state index in [2.05, 4.69) is 10.2 Å². The SMILES string of the molecule is CC(N)C(Sc1n[nH]c(=O)n1C)c1ccco1. The summed E-state index contributed by atoms with van der Waals surface area (Å²) in [6.07, 6.45) is 1.61. The van der Waals surface area contributed by atoms with Crippen LogP contribution in [0.3, 0.4) is 0 Å². The summed E-state index contributed by atoms with van der Waals surface area (Å²) in [7, 11) is 1.66. The Kier molecular flexibility index (Phi) is 3.39. The summed E-state index contributed by atoms with van der Waals surface area (Å²) >= 11 is 1.40. The van der Waals surface area contributed by atoms with Crippen molar-refractivity contribution in [3.63, 3.8) is 0 Å². The first-order valence-electron chi connectivity index (χ1n) is 5.16. The summed E-state index contributed by atoms with van der Waals surface area (Å²) in [5.74, 6) is 0.778. The van der Waals surface area contributed by atoms with Crippen LogP contribution < -0.4 is 11.4 Å². The Bertz CT molecular complexity index is 529. The molecule has 0 fully saturated rings. The van der Waals surface area contributed by atoms with Crippen LogP contribution in [0.2, 0.25) is 0 Å². The normalized spacial score (nSPS) is 14.8. The van der Waals surface area contributed by atoms with Gasteiger partial charge < -0.3 is 10.2 Å². The van der Waals surface area contributed by atoms with Gasteiger partial charge in [0.2, 0.25) is 0 Å². The Labute approximate surface area is 102 Å². The van der Waals surface area contributed by atoms with Crippen LogP contribution in [0.5, 0.6) is 0 Å². The highest BCUT2D eigenvalue weighted by Crippen LogP contribution is 2.35. The lowest BCUT2D eigenvalue weighted by Gasteiger charge is -2.16. The van der Waals surface area contributed by atoms with Crippen LogP contribution in [0.25, 0.3) is 0 Å². The smallest absolute Gasteiger partial charge is 0.343 e. The fourth-order valence-corrected chi connectivity index (χ4v) is 2.46. The summed E-state index contributed by atoms with van der Waals surface area (Å²) in [6.45, 7) is 1.89. The lowest BCUT2D eigenvalue weighted by molar-refractivity contribution is 0.486. The fraction of sp³-hybridized carbons (Fsp3) is 0.400. The Morgan fingerprint density at radius 3 is 2.88 bits per heavy atom. The van der Waals surface area contributed by atoms with E-state index < -0.39 is 0 Å². The molecule has 0 saturated carbocycles. The third-order valence-corrected chi connectivity index (χ3v) is 3.86. The zero-order chi connectivity index (χ0) is 12.4. The molecule has 3 N–H and O–H groups in total. The molecule has 2 aromatic rings. The van der Waals surface area contributed by atoms with Gasteiger partial charge in [-0.1, -0.05) is 11.8 Å². The van der Waals surface area contributed by atoms with Crippen LogP contribution in [-0.4, -0.2) is 20.8 Å². The zero-order valence-electron chi connectivity index (χ0n) is 9.58. The first kappa shape index (κ1) is 12.0. The Morgan fingerprint density at radius 1 is 1.65 bits per heavy atom. The molecule has 2 heterocycles. The fourth-order valence-electron chi connectivity index (χ4n) is 1.43.